The summed E-state index contributed by atoms with van der Waals surface area (Å²) in [5.74, 6) is -1.22. The van der Waals surface area contributed by atoms with Crippen molar-refractivity contribution in [1.82, 2.24) is 5.32 Å². The first-order valence-electron chi connectivity index (χ1n) is 20.3. The van der Waals surface area contributed by atoms with E-state index >= 15 is 0 Å². The van der Waals surface area contributed by atoms with E-state index < -0.39 is 12.1 Å². The summed E-state index contributed by atoms with van der Waals surface area (Å²) in [7, 11) is 0. The quantitative estimate of drug-likeness (QED) is 0.0712. The predicted molar refractivity (Wildman–Crippen MR) is 212 cm³/mol. The average molecular weight is 852 g/mol. The molecule has 0 saturated carbocycles. The zero-order valence-corrected chi connectivity index (χ0v) is 34.7. The van der Waals surface area contributed by atoms with Crippen LogP contribution >= 0.6 is 0 Å². The highest BCUT2D eigenvalue weighted by Gasteiger charge is 2.05. The van der Waals surface area contributed by atoms with E-state index in [0.717, 1.165) is 5.56 Å². The second-order valence-electron chi connectivity index (χ2n) is 12.2. The number of unbranched alkanes of at least 4 members (excludes halogenated alkanes) is 1. The van der Waals surface area contributed by atoms with Crippen LogP contribution in [0.5, 0.6) is 0 Å². The lowest BCUT2D eigenvalue weighted by atomic mass is 10.2. The minimum atomic E-state index is -0.867. The number of hydrogen-bond donors (Lipinski definition) is 2. The van der Waals surface area contributed by atoms with Crippen LogP contribution in [0.4, 0.5) is 4.79 Å². The van der Waals surface area contributed by atoms with Crippen molar-refractivity contribution in [3.63, 3.8) is 0 Å². The highest BCUT2D eigenvalue weighted by atomic mass is 16.6. The van der Waals surface area contributed by atoms with Crippen LogP contribution in [0.1, 0.15) is 31.2 Å². The molecule has 0 unspecified atom stereocenters. The summed E-state index contributed by atoms with van der Waals surface area (Å²) in [5.41, 5.74) is 0.931. The van der Waals surface area contributed by atoms with Gasteiger partial charge in [-0.2, -0.15) is 0 Å². The van der Waals surface area contributed by atoms with Crippen LogP contribution in [-0.2, 0) is 82.5 Å². The Hall–Kier alpha value is -3.05. The number of ether oxygens (including phenoxy) is 14. The van der Waals surface area contributed by atoms with Gasteiger partial charge in [-0.05, 0) is 18.4 Å². The molecule has 59 heavy (non-hydrogen) atoms. The van der Waals surface area contributed by atoms with Crippen molar-refractivity contribution in [3.8, 4) is 0 Å². The van der Waals surface area contributed by atoms with Crippen molar-refractivity contribution >= 4 is 18.0 Å². The van der Waals surface area contributed by atoms with E-state index in [-0.39, 0.29) is 38.6 Å². The molecule has 0 bridgehead atoms. The summed E-state index contributed by atoms with van der Waals surface area (Å²) in [5, 5.41) is 11.2. The Morgan fingerprint density at radius 1 is 0.407 bits per heavy atom. The van der Waals surface area contributed by atoms with Gasteiger partial charge in [0.05, 0.1) is 159 Å². The van der Waals surface area contributed by atoms with Gasteiger partial charge in [0.15, 0.2) is 0 Å². The molecule has 0 radical (unpaired) electrons. The van der Waals surface area contributed by atoms with E-state index in [1.54, 1.807) is 0 Å². The predicted octanol–water partition coefficient (Wildman–Crippen LogP) is 2.30. The Bertz CT molecular complexity index is 1070. The van der Waals surface area contributed by atoms with Gasteiger partial charge in [0.1, 0.15) is 13.2 Å². The number of rotatable bonds is 46. The van der Waals surface area contributed by atoms with Gasteiger partial charge < -0.3 is 76.7 Å². The molecule has 0 aliphatic rings. The van der Waals surface area contributed by atoms with Gasteiger partial charge in [-0.25, -0.2) is 4.79 Å². The maximum absolute atomic E-state index is 11.7. The molecular formula is C40H69NO18. The lowest BCUT2D eigenvalue weighted by Crippen LogP contribution is -2.28. The van der Waals surface area contributed by atoms with Crippen molar-refractivity contribution in [3.05, 3.63) is 35.9 Å². The molecule has 1 amide bonds. The molecule has 0 aliphatic carbocycles. The fraction of sp³-hybridized carbons (Fsp3) is 0.775. The highest BCUT2D eigenvalue weighted by molar-refractivity contribution is 5.69. The van der Waals surface area contributed by atoms with Crippen molar-refractivity contribution < 1.29 is 85.8 Å². The Kier molecular flexibility index (Phi) is 40.7. The molecule has 1 aromatic rings. The van der Waals surface area contributed by atoms with E-state index in [0.29, 0.717) is 171 Å². The number of carboxylic acid groups (broad SMARTS) is 1. The molecule has 0 saturated heterocycles. The third-order valence-electron chi connectivity index (χ3n) is 7.33. The zero-order valence-electron chi connectivity index (χ0n) is 34.7. The molecule has 0 aliphatic heterocycles. The van der Waals surface area contributed by atoms with Gasteiger partial charge in [-0.15, -0.1) is 0 Å². The molecule has 0 aromatic heterocycles. The van der Waals surface area contributed by atoms with Gasteiger partial charge in [0.2, 0.25) is 0 Å². The Labute approximate surface area is 348 Å². The number of hydrogen-bond acceptors (Lipinski definition) is 17. The van der Waals surface area contributed by atoms with Crippen LogP contribution in [0.15, 0.2) is 30.3 Å². The number of aliphatic carboxylic acids is 1. The van der Waals surface area contributed by atoms with Crippen LogP contribution in [0, 0.1) is 0 Å². The first-order valence-corrected chi connectivity index (χ1v) is 20.3. The molecule has 0 atom stereocenters. The van der Waals surface area contributed by atoms with Crippen molar-refractivity contribution in [2.45, 2.75) is 32.3 Å². The SMILES string of the molecule is O=C(O)CCCCC(=O)OCCOCCOCCOCCOCCOCCOCCOCCOCCOCCOCCOCCOCCNC(=O)OCc1ccccc1. The Morgan fingerprint density at radius 2 is 0.729 bits per heavy atom. The molecule has 1 rings (SSSR count). The summed E-state index contributed by atoms with van der Waals surface area (Å²) in [4.78, 5) is 33.6. The topological polar surface area (TPSA) is 213 Å². The van der Waals surface area contributed by atoms with Crippen molar-refractivity contribution in [1.29, 1.82) is 0 Å². The molecule has 2 N–H and O–H groups in total. The number of amides is 1. The first kappa shape index (κ1) is 54.0. The average Bonchev–Trinajstić information content (AvgIpc) is 3.24. The van der Waals surface area contributed by atoms with Gasteiger partial charge in [-0.1, -0.05) is 30.3 Å². The number of nitrogens with one attached hydrogen (secondary N) is 1. The maximum Gasteiger partial charge on any atom is 0.407 e. The zero-order chi connectivity index (χ0) is 42.4. The molecule has 0 heterocycles. The van der Waals surface area contributed by atoms with Crippen LogP contribution in [0.3, 0.4) is 0 Å². The molecule has 1 aromatic carbocycles. The van der Waals surface area contributed by atoms with E-state index in [1.807, 2.05) is 30.3 Å². The fourth-order valence-corrected chi connectivity index (χ4v) is 4.35. The lowest BCUT2D eigenvalue weighted by Gasteiger charge is -2.09. The normalized spacial score (nSPS) is 11.2. The summed E-state index contributed by atoms with van der Waals surface area (Å²) in [6, 6.07) is 9.48. The second kappa shape index (κ2) is 44.5. The standard InChI is InChI=1S/C40H69NO18/c42-38(43)8-4-5-9-39(44)58-35-34-57-33-32-56-31-30-55-29-28-54-27-26-53-25-24-52-23-22-51-21-20-50-19-18-49-17-16-48-15-14-47-13-12-46-11-10-41-40(45)59-36-37-6-2-1-3-7-37/h1-3,6-7H,4-5,8-36H2,(H,41,45)(H,42,43). The highest BCUT2D eigenvalue weighted by Crippen LogP contribution is 2.02. The van der Waals surface area contributed by atoms with Crippen LogP contribution in [0.25, 0.3) is 0 Å². The largest absolute Gasteiger partial charge is 0.481 e. The maximum atomic E-state index is 11.7. The first-order chi connectivity index (χ1) is 29.1. The number of carbonyl (C=O) groups is 3. The monoisotopic (exact) mass is 851 g/mol. The molecule has 0 fully saturated rings. The van der Waals surface area contributed by atoms with Crippen molar-refractivity contribution in [2.75, 3.05) is 172 Å². The van der Waals surface area contributed by atoms with Crippen LogP contribution in [-0.4, -0.2) is 195 Å². The molecule has 19 heteroatoms. The van der Waals surface area contributed by atoms with E-state index in [2.05, 4.69) is 5.32 Å². The van der Waals surface area contributed by atoms with E-state index in [1.165, 1.54) is 0 Å². The van der Waals surface area contributed by atoms with Crippen LogP contribution < -0.4 is 5.32 Å². The van der Waals surface area contributed by atoms with Crippen LogP contribution in [0.2, 0.25) is 0 Å². The minimum Gasteiger partial charge on any atom is -0.481 e. The third-order valence-corrected chi connectivity index (χ3v) is 7.33. The second-order valence-corrected chi connectivity index (χ2v) is 12.2. The lowest BCUT2D eigenvalue weighted by molar-refractivity contribution is -0.146. The van der Waals surface area contributed by atoms with Gasteiger partial charge in [0, 0.05) is 19.4 Å². The molecule has 19 nitrogen and oxygen atoms in total. The van der Waals surface area contributed by atoms with E-state index in [9.17, 15) is 14.4 Å². The smallest absolute Gasteiger partial charge is 0.407 e. The summed E-state index contributed by atoms with van der Waals surface area (Å²) < 4.78 is 75.6. The third kappa shape index (κ3) is 42.9. The summed E-state index contributed by atoms with van der Waals surface area (Å²) >= 11 is 0. The van der Waals surface area contributed by atoms with E-state index in [4.69, 9.17) is 71.4 Å². The van der Waals surface area contributed by atoms with Gasteiger partial charge >= 0.3 is 18.0 Å². The van der Waals surface area contributed by atoms with Gasteiger partial charge in [0.25, 0.3) is 0 Å². The summed E-state index contributed by atoms with van der Waals surface area (Å²) in [6.07, 6.45) is 0.736. The summed E-state index contributed by atoms with van der Waals surface area (Å²) in [6.45, 7) is 11.4. The van der Waals surface area contributed by atoms with Crippen molar-refractivity contribution in [2.24, 2.45) is 0 Å². The Morgan fingerprint density at radius 3 is 1.08 bits per heavy atom. The molecular weight excluding hydrogens is 782 g/mol. The number of carboxylic acids is 1. The number of alkyl carbamates (subject to hydrolysis) is 1. The number of esters is 1. The molecule has 0 spiro atoms. The number of carbonyl (C=O) groups excluding carboxylic acids is 2. The molecule has 342 valence electrons. The fourth-order valence-electron chi connectivity index (χ4n) is 4.35. The van der Waals surface area contributed by atoms with Gasteiger partial charge in [-0.3, -0.25) is 9.59 Å². The minimum absolute atomic E-state index is 0.0548. The Balaban J connectivity index is 1.63. The number of benzene rings is 1.